The average Bonchev–Trinajstić information content (AvgIpc) is 2.02. The molecule has 0 aromatic rings. The minimum Gasteiger partial charge on any atom is -0.481 e. The lowest BCUT2D eigenvalue weighted by Crippen LogP contribution is -2.35. The van der Waals surface area contributed by atoms with Crippen molar-refractivity contribution in [2.75, 3.05) is 0 Å². The molecule has 0 fully saturated rings. The first-order valence-corrected chi connectivity index (χ1v) is 3.90. The number of carboxylic acids is 1. The third kappa shape index (κ3) is 1.77. The number of carbonyl (C=O) groups is 2. The number of primary amides is 1. The molecule has 13 heavy (non-hydrogen) atoms. The predicted molar refractivity (Wildman–Crippen MR) is 46.7 cm³/mol. The maximum Gasteiger partial charge on any atom is 0.311 e. The van der Waals surface area contributed by atoms with E-state index in [9.17, 15) is 9.59 Å². The number of hydrogen-bond donors (Lipinski definition) is 2. The Morgan fingerprint density at radius 1 is 1.62 bits per heavy atom. The molecule has 0 bridgehead atoms. The van der Waals surface area contributed by atoms with Gasteiger partial charge < -0.3 is 10.8 Å². The second kappa shape index (κ2) is 3.43. The zero-order valence-electron chi connectivity index (χ0n) is 7.06. The van der Waals surface area contributed by atoms with Crippen LogP contribution >= 0.6 is 0 Å². The number of nitrogens with two attached hydrogens (primary N) is 1. The van der Waals surface area contributed by atoms with Gasteiger partial charge in [-0.3, -0.25) is 9.59 Å². The number of amides is 1. The molecule has 1 aliphatic carbocycles. The summed E-state index contributed by atoms with van der Waals surface area (Å²) in [5, 5.41) is 8.83. The van der Waals surface area contributed by atoms with Gasteiger partial charge >= 0.3 is 5.97 Å². The summed E-state index contributed by atoms with van der Waals surface area (Å²) < 4.78 is 0. The fourth-order valence-corrected chi connectivity index (χ4v) is 1.45. The van der Waals surface area contributed by atoms with Gasteiger partial charge in [-0.2, -0.15) is 0 Å². The molecule has 0 radical (unpaired) electrons. The Kier molecular flexibility index (Phi) is 2.51. The van der Waals surface area contributed by atoms with E-state index in [0.29, 0.717) is 12.0 Å². The number of hydrogen-bond acceptors (Lipinski definition) is 2. The van der Waals surface area contributed by atoms with Crippen LogP contribution in [-0.2, 0) is 9.59 Å². The van der Waals surface area contributed by atoms with Gasteiger partial charge in [-0.25, -0.2) is 0 Å². The molecule has 3 N–H and O–H groups in total. The first-order valence-electron chi connectivity index (χ1n) is 3.90. The third-order valence-corrected chi connectivity index (χ3v) is 2.12. The van der Waals surface area contributed by atoms with Crippen molar-refractivity contribution in [2.24, 2.45) is 17.6 Å². The SMILES string of the molecule is C=C1CC=CC(C(N)=O)C1C(=O)O. The lowest BCUT2D eigenvalue weighted by atomic mass is 9.80. The maximum absolute atomic E-state index is 10.9. The molecule has 0 saturated heterocycles. The number of rotatable bonds is 2. The van der Waals surface area contributed by atoms with Crippen LogP contribution in [0.4, 0.5) is 0 Å². The molecule has 1 rings (SSSR count). The molecule has 2 atom stereocenters. The Bertz CT molecular complexity index is 293. The molecular formula is C9H11NO3. The van der Waals surface area contributed by atoms with Gasteiger partial charge in [0.2, 0.25) is 5.91 Å². The molecule has 0 aromatic heterocycles. The van der Waals surface area contributed by atoms with Gasteiger partial charge in [-0.1, -0.05) is 24.3 Å². The van der Waals surface area contributed by atoms with E-state index in [1.165, 1.54) is 6.08 Å². The summed E-state index contributed by atoms with van der Waals surface area (Å²) in [6.07, 6.45) is 3.76. The molecule has 4 nitrogen and oxygen atoms in total. The van der Waals surface area contributed by atoms with Crippen molar-refractivity contribution in [2.45, 2.75) is 6.42 Å². The number of carboxylic acid groups (broad SMARTS) is 1. The van der Waals surface area contributed by atoms with Crippen molar-refractivity contribution in [3.8, 4) is 0 Å². The molecule has 0 aromatic carbocycles. The molecule has 1 aliphatic rings. The fraction of sp³-hybridized carbons (Fsp3) is 0.333. The normalized spacial score (nSPS) is 27.2. The Labute approximate surface area is 75.7 Å². The van der Waals surface area contributed by atoms with Gasteiger partial charge in [-0.05, 0) is 6.42 Å². The number of carbonyl (C=O) groups excluding carboxylic acids is 1. The number of aliphatic carboxylic acids is 1. The highest BCUT2D eigenvalue weighted by molar-refractivity contribution is 5.87. The summed E-state index contributed by atoms with van der Waals surface area (Å²) >= 11 is 0. The van der Waals surface area contributed by atoms with Gasteiger partial charge in [0.1, 0.15) is 0 Å². The lowest BCUT2D eigenvalue weighted by molar-refractivity contribution is -0.144. The zero-order valence-corrected chi connectivity index (χ0v) is 7.06. The van der Waals surface area contributed by atoms with Crippen LogP contribution in [0.2, 0.25) is 0 Å². The van der Waals surface area contributed by atoms with Crippen LogP contribution in [0.15, 0.2) is 24.3 Å². The van der Waals surface area contributed by atoms with Crippen molar-refractivity contribution in [3.63, 3.8) is 0 Å². The van der Waals surface area contributed by atoms with E-state index < -0.39 is 23.7 Å². The molecule has 0 heterocycles. The van der Waals surface area contributed by atoms with Crippen molar-refractivity contribution < 1.29 is 14.7 Å². The molecule has 0 aliphatic heterocycles. The maximum atomic E-state index is 10.9. The molecule has 0 saturated carbocycles. The molecule has 4 heteroatoms. The summed E-state index contributed by atoms with van der Waals surface area (Å²) in [5.41, 5.74) is 5.59. The Balaban J connectivity index is 2.98. The van der Waals surface area contributed by atoms with E-state index in [-0.39, 0.29) is 0 Å². The molecule has 0 spiro atoms. The number of allylic oxidation sites excluding steroid dienone is 1. The Morgan fingerprint density at radius 2 is 2.23 bits per heavy atom. The highest BCUT2D eigenvalue weighted by Crippen LogP contribution is 2.28. The third-order valence-electron chi connectivity index (χ3n) is 2.12. The summed E-state index contributed by atoms with van der Waals surface area (Å²) in [5.74, 6) is -3.27. The fourth-order valence-electron chi connectivity index (χ4n) is 1.45. The standard InChI is InChI=1S/C9H11NO3/c1-5-3-2-4-6(8(10)11)7(5)9(12)13/h2,4,6-7H,1,3H2,(H2,10,11)(H,12,13). The van der Waals surface area contributed by atoms with Crippen molar-refractivity contribution in [1.82, 2.24) is 0 Å². The molecule has 70 valence electrons. The largest absolute Gasteiger partial charge is 0.481 e. The average molecular weight is 181 g/mol. The van der Waals surface area contributed by atoms with Crippen LogP contribution in [0.25, 0.3) is 0 Å². The Hall–Kier alpha value is -1.58. The highest BCUT2D eigenvalue weighted by atomic mass is 16.4. The zero-order chi connectivity index (χ0) is 10.0. The first-order chi connectivity index (χ1) is 6.04. The monoisotopic (exact) mass is 181 g/mol. The summed E-state index contributed by atoms with van der Waals surface area (Å²) in [4.78, 5) is 21.7. The van der Waals surface area contributed by atoms with Gasteiger partial charge in [0.05, 0.1) is 11.8 Å². The van der Waals surface area contributed by atoms with Gasteiger partial charge in [-0.15, -0.1) is 0 Å². The molecule has 1 amide bonds. The van der Waals surface area contributed by atoms with Gasteiger partial charge in [0.25, 0.3) is 0 Å². The first kappa shape index (κ1) is 9.51. The minimum absolute atomic E-state index is 0.501. The van der Waals surface area contributed by atoms with Crippen molar-refractivity contribution in [3.05, 3.63) is 24.3 Å². The van der Waals surface area contributed by atoms with E-state index in [1.54, 1.807) is 6.08 Å². The van der Waals surface area contributed by atoms with Crippen LogP contribution in [0.5, 0.6) is 0 Å². The quantitative estimate of drug-likeness (QED) is 0.601. The molecular weight excluding hydrogens is 170 g/mol. The molecule has 2 unspecified atom stereocenters. The van der Waals surface area contributed by atoms with Crippen LogP contribution in [-0.4, -0.2) is 17.0 Å². The van der Waals surface area contributed by atoms with E-state index in [0.717, 1.165) is 0 Å². The highest BCUT2D eigenvalue weighted by Gasteiger charge is 2.34. The Morgan fingerprint density at radius 3 is 2.62 bits per heavy atom. The predicted octanol–water partition coefficient (Wildman–Crippen LogP) is 0.305. The van der Waals surface area contributed by atoms with E-state index in [1.807, 2.05) is 0 Å². The van der Waals surface area contributed by atoms with Crippen molar-refractivity contribution in [1.29, 1.82) is 0 Å². The summed E-state index contributed by atoms with van der Waals surface area (Å²) in [7, 11) is 0. The van der Waals surface area contributed by atoms with Gasteiger partial charge in [0.15, 0.2) is 0 Å². The second-order valence-corrected chi connectivity index (χ2v) is 3.03. The van der Waals surface area contributed by atoms with Crippen LogP contribution in [0.1, 0.15) is 6.42 Å². The summed E-state index contributed by atoms with van der Waals surface area (Å²) in [6, 6.07) is 0. The van der Waals surface area contributed by atoms with Crippen LogP contribution < -0.4 is 5.73 Å². The van der Waals surface area contributed by atoms with Crippen LogP contribution in [0.3, 0.4) is 0 Å². The topological polar surface area (TPSA) is 80.4 Å². The van der Waals surface area contributed by atoms with E-state index in [4.69, 9.17) is 10.8 Å². The van der Waals surface area contributed by atoms with E-state index in [2.05, 4.69) is 6.58 Å². The van der Waals surface area contributed by atoms with Crippen LogP contribution in [0, 0.1) is 11.8 Å². The minimum atomic E-state index is -1.04. The van der Waals surface area contributed by atoms with Gasteiger partial charge in [0, 0.05) is 0 Å². The summed E-state index contributed by atoms with van der Waals surface area (Å²) in [6.45, 7) is 3.61. The van der Waals surface area contributed by atoms with Crippen molar-refractivity contribution >= 4 is 11.9 Å². The van der Waals surface area contributed by atoms with E-state index >= 15 is 0 Å². The second-order valence-electron chi connectivity index (χ2n) is 3.03. The smallest absolute Gasteiger partial charge is 0.311 e. The lowest BCUT2D eigenvalue weighted by Gasteiger charge is -2.23.